The van der Waals surface area contributed by atoms with Crippen molar-refractivity contribution in [2.45, 2.75) is 25.8 Å². The molecule has 1 aliphatic heterocycles. The summed E-state index contributed by atoms with van der Waals surface area (Å²) in [6.45, 7) is 4.02. The van der Waals surface area contributed by atoms with E-state index in [1.807, 2.05) is 37.3 Å². The van der Waals surface area contributed by atoms with E-state index >= 15 is 0 Å². The van der Waals surface area contributed by atoms with Crippen molar-refractivity contribution in [2.24, 2.45) is 5.10 Å². The summed E-state index contributed by atoms with van der Waals surface area (Å²) in [5, 5.41) is 4.19. The van der Waals surface area contributed by atoms with Crippen LogP contribution < -0.4 is 5.43 Å². The smallest absolute Gasteiger partial charge is 0.331 e. The quantitative estimate of drug-likeness (QED) is 0.673. The lowest BCUT2D eigenvalue weighted by Crippen LogP contribution is -2.38. The van der Waals surface area contributed by atoms with Crippen molar-refractivity contribution in [3.63, 3.8) is 0 Å². The fourth-order valence-corrected chi connectivity index (χ4v) is 2.92. The van der Waals surface area contributed by atoms with Gasteiger partial charge < -0.3 is 4.74 Å². The van der Waals surface area contributed by atoms with Gasteiger partial charge in [0.25, 0.3) is 0 Å². The molecule has 1 aliphatic rings. The SMILES string of the molecule is CCOC(=O)[C@@H]1NN=C(C(=O)c2ccccc2)[C@H]1c1ccc(C)cc1. The summed E-state index contributed by atoms with van der Waals surface area (Å²) in [7, 11) is 0. The normalized spacial score (nSPS) is 19.0. The number of carbonyl (C=O) groups is 2. The van der Waals surface area contributed by atoms with Crippen LogP contribution in [-0.2, 0) is 9.53 Å². The van der Waals surface area contributed by atoms with Crippen molar-refractivity contribution in [3.05, 3.63) is 71.3 Å². The molecule has 0 unspecified atom stereocenters. The fourth-order valence-electron chi connectivity index (χ4n) is 2.92. The van der Waals surface area contributed by atoms with Gasteiger partial charge in [0.05, 0.1) is 12.5 Å². The molecule has 25 heavy (non-hydrogen) atoms. The van der Waals surface area contributed by atoms with Crippen LogP contribution >= 0.6 is 0 Å². The van der Waals surface area contributed by atoms with Gasteiger partial charge in [0.1, 0.15) is 5.71 Å². The highest BCUT2D eigenvalue weighted by molar-refractivity contribution is 6.48. The molecule has 5 heteroatoms. The molecule has 0 radical (unpaired) electrons. The van der Waals surface area contributed by atoms with Gasteiger partial charge in [-0.15, -0.1) is 0 Å². The molecule has 2 aromatic carbocycles. The molecule has 0 bridgehead atoms. The van der Waals surface area contributed by atoms with Crippen LogP contribution in [0.3, 0.4) is 0 Å². The summed E-state index contributed by atoms with van der Waals surface area (Å²) >= 11 is 0. The van der Waals surface area contributed by atoms with Gasteiger partial charge in [-0.25, -0.2) is 4.79 Å². The van der Waals surface area contributed by atoms with Crippen molar-refractivity contribution in [1.29, 1.82) is 0 Å². The number of aryl methyl sites for hydroxylation is 1. The minimum Gasteiger partial charge on any atom is -0.464 e. The monoisotopic (exact) mass is 336 g/mol. The van der Waals surface area contributed by atoms with Gasteiger partial charge in [0, 0.05) is 5.56 Å². The van der Waals surface area contributed by atoms with E-state index in [9.17, 15) is 9.59 Å². The maximum Gasteiger partial charge on any atom is 0.331 e. The highest BCUT2D eigenvalue weighted by Crippen LogP contribution is 2.29. The first-order valence-corrected chi connectivity index (χ1v) is 8.28. The van der Waals surface area contributed by atoms with Crippen LogP contribution in [0.1, 0.15) is 34.3 Å². The zero-order chi connectivity index (χ0) is 17.8. The third-order valence-corrected chi connectivity index (χ3v) is 4.20. The summed E-state index contributed by atoms with van der Waals surface area (Å²) in [6.07, 6.45) is 0. The Morgan fingerprint density at radius 1 is 1.08 bits per heavy atom. The Morgan fingerprint density at radius 3 is 2.40 bits per heavy atom. The first-order valence-electron chi connectivity index (χ1n) is 8.28. The van der Waals surface area contributed by atoms with E-state index in [4.69, 9.17) is 4.74 Å². The van der Waals surface area contributed by atoms with E-state index in [1.54, 1.807) is 31.2 Å². The Labute approximate surface area is 146 Å². The maximum absolute atomic E-state index is 12.9. The molecule has 0 aliphatic carbocycles. The maximum atomic E-state index is 12.9. The molecule has 1 N–H and O–H groups in total. The van der Waals surface area contributed by atoms with E-state index in [0.29, 0.717) is 11.3 Å². The number of ketones is 1. The molecule has 2 aromatic rings. The summed E-state index contributed by atoms with van der Waals surface area (Å²) in [5.41, 5.74) is 5.64. The third-order valence-electron chi connectivity index (χ3n) is 4.20. The molecule has 0 amide bonds. The van der Waals surface area contributed by atoms with Crippen molar-refractivity contribution >= 4 is 17.5 Å². The molecule has 3 rings (SSSR count). The molecule has 2 atom stereocenters. The van der Waals surface area contributed by atoms with E-state index in [2.05, 4.69) is 10.5 Å². The minimum absolute atomic E-state index is 0.189. The van der Waals surface area contributed by atoms with Gasteiger partial charge in [-0.3, -0.25) is 10.2 Å². The van der Waals surface area contributed by atoms with Crippen molar-refractivity contribution in [1.82, 2.24) is 5.43 Å². The van der Waals surface area contributed by atoms with Crippen LogP contribution in [0.25, 0.3) is 0 Å². The molecule has 0 aromatic heterocycles. The van der Waals surface area contributed by atoms with Crippen molar-refractivity contribution in [3.8, 4) is 0 Å². The zero-order valence-corrected chi connectivity index (χ0v) is 14.2. The number of nitrogens with one attached hydrogen (secondary N) is 1. The highest BCUT2D eigenvalue weighted by atomic mass is 16.5. The standard InChI is InChI=1S/C20H20N2O3/c1-3-25-20(24)18-16(14-11-9-13(2)10-12-14)17(21-22-18)19(23)15-7-5-4-6-8-15/h4-12,16,18,22H,3H2,1-2H3/t16-,18-/m1/s1. The average molecular weight is 336 g/mol. The highest BCUT2D eigenvalue weighted by Gasteiger charge is 2.41. The van der Waals surface area contributed by atoms with Crippen LogP contribution in [0.4, 0.5) is 0 Å². The Hall–Kier alpha value is -2.95. The van der Waals surface area contributed by atoms with Crippen LogP contribution in [0.15, 0.2) is 59.7 Å². The topological polar surface area (TPSA) is 67.8 Å². The number of rotatable bonds is 5. The van der Waals surface area contributed by atoms with Gasteiger partial charge in [0.15, 0.2) is 6.04 Å². The summed E-state index contributed by atoms with van der Waals surface area (Å²) in [5.74, 6) is -1.08. The van der Waals surface area contributed by atoms with E-state index < -0.39 is 17.9 Å². The lowest BCUT2D eigenvalue weighted by atomic mass is 9.85. The number of carbonyl (C=O) groups excluding carboxylic acids is 2. The third kappa shape index (κ3) is 3.45. The van der Waals surface area contributed by atoms with Gasteiger partial charge in [-0.2, -0.15) is 5.10 Å². The Kier molecular flexibility index (Phi) is 4.93. The number of esters is 1. The second kappa shape index (κ2) is 7.30. The lowest BCUT2D eigenvalue weighted by Gasteiger charge is -2.19. The summed E-state index contributed by atoms with van der Waals surface area (Å²) in [6, 6.07) is 16.0. The van der Waals surface area contributed by atoms with Crippen LogP contribution in [0.2, 0.25) is 0 Å². The predicted octanol–water partition coefficient (Wildman–Crippen LogP) is 2.85. The van der Waals surface area contributed by atoms with E-state index in [-0.39, 0.29) is 12.4 Å². The van der Waals surface area contributed by atoms with E-state index in [0.717, 1.165) is 11.1 Å². The van der Waals surface area contributed by atoms with Gasteiger partial charge in [-0.1, -0.05) is 60.2 Å². The number of Topliss-reactive ketones (excluding diaryl/α,β-unsaturated/α-hetero) is 1. The largest absolute Gasteiger partial charge is 0.464 e. The summed E-state index contributed by atoms with van der Waals surface area (Å²) in [4.78, 5) is 25.2. The molecule has 5 nitrogen and oxygen atoms in total. The van der Waals surface area contributed by atoms with Crippen LogP contribution in [-0.4, -0.2) is 30.1 Å². The second-order valence-electron chi connectivity index (χ2n) is 5.94. The van der Waals surface area contributed by atoms with E-state index in [1.165, 1.54) is 0 Å². The summed E-state index contributed by atoms with van der Waals surface area (Å²) < 4.78 is 5.15. The minimum atomic E-state index is -0.703. The second-order valence-corrected chi connectivity index (χ2v) is 5.94. The number of benzene rings is 2. The average Bonchev–Trinajstić information content (AvgIpc) is 3.08. The number of ether oxygens (including phenoxy) is 1. The van der Waals surface area contributed by atoms with Crippen LogP contribution in [0, 0.1) is 6.92 Å². The zero-order valence-electron chi connectivity index (χ0n) is 14.2. The molecular weight excluding hydrogens is 316 g/mol. The molecule has 0 fully saturated rings. The van der Waals surface area contributed by atoms with Gasteiger partial charge in [-0.05, 0) is 19.4 Å². The lowest BCUT2D eigenvalue weighted by molar-refractivity contribution is -0.145. The van der Waals surface area contributed by atoms with Crippen molar-refractivity contribution in [2.75, 3.05) is 6.61 Å². The molecule has 0 saturated heterocycles. The molecule has 0 spiro atoms. The number of hydrogen-bond acceptors (Lipinski definition) is 5. The first kappa shape index (κ1) is 16.9. The van der Waals surface area contributed by atoms with Gasteiger partial charge >= 0.3 is 5.97 Å². The first-order chi connectivity index (χ1) is 12.1. The Bertz CT molecular complexity index is 797. The van der Waals surface area contributed by atoms with Crippen LogP contribution in [0.5, 0.6) is 0 Å². The molecule has 128 valence electrons. The molecule has 0 saturated carbocycles. The number of nitrogens with zero attached hydrogens (tertiary/aromatic N) is 1. The Morgan fingerprint density at radius 2 is 1.76 bits per heavy atom. The number of hydrogen-bond donors (Lipinski definition) is 1. The van der Waals surface area contributed by atoms with Gasteiger partial charge in [0.2, 0.25) is 5.78 Å². The Balaban J connectivity index is 1.97. The molecule has 1 heterocycles. The molecular formula is C20H20N2O3. The van der Waals surface area contributed by atoms with Crippen molar-refractivity contribution < 1.29 is 14.3 Å². The number of hydrazone groups is 1. The predicted molar refractivity (Wildman–Crippen MR) is 95.7 cm³/mol. The fraction of sp³-hybridized carbons (Fsp3) is 0.250.